The monoisotopic (exact) mass is 334 g/mol. The Bertz CT molecular complexity index is 517. The van der Waals surface area contributed by atoms with E-state index in [0.717, 1.165) is 63.6 Å². The van der Waals surface area contributed by atoms with Gasteiger partial charge in [0.25, 0.3) is 0 Å². The molecule has 0 unspecified atom stereocenters. The van der Waals surface area contributed by atoms with Crippen molar-refractivity contribution in [3.63, 3.8) is 0 Å². The van der Waals surface area contributed by atoms with Gasteiger partial charge in [0.05, 0.1) is 5.69 Å². The molecule has 1 saturated heterocycles. The predicted molar refractivity (Wildman–Crippen MR) is 92.6 cm³/mol. The molecule has 134 valence electrons. The van der Waals surface area contributed by atoms with Crippen molar-refractivity contribution in [3.8, 4) is 0 Å². The molecule has 0 aromatic carbocycles. The number of piperazine rings is 1. The fourth-order valence-corrected chi connectivity index (χ4v) is 3.70. The third kappa shape index (κ3) is 5.31. The van der Waals surface area contributed by atoms with Gasteiger partial charge in [-0.25, -0.2) is 0 Å². The third-order valence-electron chi connectivity index (χ3n) is 5.15. The first-order valence-electron chi connectivity index (χ1n) is 9.35. The minimum atomic E-state index is 0.224. The first-order valence-corrected chi connectivity index (χ1v) is 9.35. The number of hydrogen-bond donors (Lipinski definition) is 1. The lowest BCUT2D eigenvalue weighted by Gasteiger charge is -2.34. The number of nitrogens with zero attached hydrogens (tertiary/aromatic N) is 3. The van der Waals surface area contributed by atoms with Crippen LogP contribution in [0.25, 0.3) is 0 Å². The Morgan fingerprint density at radius 2 is 1.92 bits per heavy atom. The summed E-state index contributed by atoms with van der Waals surface area (Å²) in [7, 11) is 0. The summed E-state index contributed by atoms with van der Waals surface area (Å²) in [6.45, 7) is 7.74. The van der Waals surface area contributed by atoms with Gasteiger partial charge in [-0.2, -0.15) is 0 Å². The molecule has 6 heteroatoms. The quantitative estimate of drug-likeness (QED) is 0.861. The van der Waals surface area contributed by atoms with Gasteiger partial charge in [-0.15, -0.1) is 0 Å². The van der Waals surface area contributed by atoms with Crippen molar-refractivity contribution in [3.05, 3.63) is 17.5 Å². The first kappa shape index (κ1) is 17.4. The second kappa shape index (κ2) is 8.62. The van der Waals surface area contributed by atoms with E-state index in [-0.39, 0.29) is 5.91 Å². The fraction of sp³-hybridized carbons (Fsp3) is 0.778. The van der Waals surface area contributed by atoms with Crippen LogP contribution < -0.4 is 5.32 Å². The zero-order valence-corrected chi connectivity index (χ0v) is 14.8. The minimum absolute atomic E-state index is 0.224. The van der Waals surface area contributed by atoms with E-state index in [2.05, 4.69) is 20.3 Å². The molecule has 1 aromatic heterocycles. The maximum Gasteiger partial charge on any atom is 0.221 e. The molecule has 0 radical (unpaired) electrons. The number of amides is 1. The molecule has 1 aliphatic carbocycles. The molecule has 0 bridgehead atoms. The van der Waals surface area contributed by atoms with Gasteiger partial charge >= 0.3 is 0 Å². The molecule has 2 aliphatic rings. The Labute approximate surface area is 144 Å². The van der Waals surface area contributed by atoms with E-state index in [9.17, 15) is 4.79 Å². The van der Waals surface area contributed by atoms with Crippen molar-refractivity contribution in [2.45, 2.75) is 58.0 Å². The second-order valence-corrected chi connectivity index (χ2v) is 7.20. The van der Waals surface area contributed by atoms with Crippen LogP contribution in [0.4, 0.5) is 0 Å². The molecule has 1 N–H and O–H groups in total. The highest BCUT2D eigenvalue weighted by atomic mass is 16.5. The van der Waals surface area contributed by atoms with Crippen molar-refractivity contribution in [1.29, 1.82) is 0 Å². The normalized spacial score (nSPS) is 21.0. The molecule has 3 rings (SSSR count). The van der Waals surface area contributed by atoms with Crippen molar-refractivity contribution >= 4 is 5.91 Å². The smallest absolute Gasteiger partial charge is 0.221 e. The standard InChI is InChI=1S/C18H30N4O2/c1-15-13-17(20-24-15)14-22-11-9-21(10-12-22)8-7-18(23)19-16-5-3-2-4-6-16/h13,16H,2-12,14H2,1H3,(H,19,23). The van der Waals surface area contributed by atoms with E-state index in [0.29, 0.717) is 12.5 Å². The molecule has 1 aliphatic heterocycles. The predicted octanol–water partition coefficient (Wildman–Crippen LogP) is 1.94. The van der Waals surface area contributed by atoms with Crippen LogP contribution in [0.2, 0.25) is 0 Å². The molecule has 0 spiro atoms. The largest absolute Gasteiger partial charge is 0.361 e. The molecule has 2 heterocycles. The number of rotatable bonds is 6. The van der Waals surface area contributed by atoms with Gasteiger partial charge in [0.15, 0.2) is 0 Å². The average Bonchev–Trinajstić information content (AvgIpc) is 3.00. The van der Waals surface area contributed by atoms with E-state index >= 15 is 0 Å². The van der Waals surface area contributed by atoms with Crippen molar-refractivity contribution in [1.82, 2.24) is 20.3 Å². The molecule has 1 saturated carbocycles. The average molecular weight is 334 g/mol. The maximum atomic E-state index is 12.1. The molecular weight excluding hydrogens is 304 g/mol. The van der Waals surface area contributed by atoms with E-state index in [1.165, 1.54) is 19.3 Å². The molecule has 6 nitrogen and oxygen atoms in total. The van der Waals surface area contributed by atoms with Crippen LogP contribution >= 0.6 is 0 Å². The lowest BCUT2D eigenvalue weighted by Crippen LogP contribution is -2.47. The van der Waals surface area contributed by atoms with Gasteiger partial charge in [-0.3, -0.25) is 9.69 Å². The van der Waals surface area contributed by atoms with Crippen LogP contribution in [-0.4, -0.2) is 59.6 Å². The maximum absolute atomic E-state index is 12.1. The summed E-state index contributed by atoms with van der Waals surface area (Å²) in [6.07, 6.45) is 6.79. The Kier molecular flexibility index (Phi) is 6.26. The van der Waals surface area contributed by atoms with Gasteiger partial charge < -0.3 is 14.7 Å². The summed E-state index contributed by atoms with van der Waals surface area (Å²) in [4.78, 5) is 16.9. The van der Waals surface area contributed by atoms with Crippen LogP contribution in [0.15, 0.2) is 10.6 Å². The SMILES string of the molecule is Cc1cc(CN2CCN(CCC(=O)NC3CCCCC3)CC2)no1. The molecule has 1 amide bonds. The van der Waals surface area contributed by atoms with E-state index in [1.807, 2.05) is 13.0 Å². The summed E-state index contributed by atoms with van der Waals surface area (Å²) in [5, 5.41) is 7.27. The summed E-state index contributed by atoms with van der Waals surface area (Å²) >= 11 is 0. The van der Waals surface area contributed by atoms with E-state index in [1.54, 1.807) is 0 Å². The highest BCUT2D eigenvalue weighted by Crippen LogP contribution is 2.17. The second-order valence-electron chi connectivity index (χ2n) is 7.20. The Morgan fingerprint density at radius 1 is 1.21 bits per heavy atom. The zero-order chi connectivity index (χ0) is 16.8. The lowest BCUT2D eigenvalue weighted by molar-refractivity contribution is -0.122. The van der Waals surface area contributed by atoms with Crippen LogP contribution in [-0.2, 0) is 11.3 Å². The zero-order valence-electron chi connectivity index (χ0n) is 14.8. The first-order chi connectivity index (χ1) is 11.7. The summed E-state index contributed by atoms with van der Waals surface area (Å²) in [6, 6.07) is 2.43. The van der Waals surface area contributed by atoms with Crippen molar-refractivity contribution in [2.75, 3.05) is 32.7 Å². The Balaban J connectivity index is 1.31. The number of carbonyl (C=O) groups excluding carboxylic acids is 1. The summed E-state index contributed by atoms with van der Waals surface area (Å²) in [5.74, 6) is 1.09. The topological polar surface area (TPSA) is 61.6 Å². The van der Waals surface area contributed by atoms with Gasteiger partial charge in [0.2, 0.25) is 5.91 Å². The van der Waals surface area contributed by atoms with Gasteiger partial charge in [-0.05, 0) is 19.8 Å². The summed E-state index contributed by atoms with van der Waals surface area (Å²) in [5.41, 5.74) is 1.01. The molecule has 0 atom stereocenters. The third-order valence-corrected chi connectivity index (χ3v) is 5.15. The fourth-order valence-electron chi connectivity index (χ4n) is 3.70. The van der Waals surface area contributed by atoms with Crippen molar-refractivity contribution < 1.29 is 9.32 Å². The van der Waals surface area contributed by atoms with Gasteiger partial charge in [0, 0.05) is 57.8 Å². The number of hydrogen-bond acceptors (Lipinski definition) is 5. The molecule has 1 aromatic rings. The molecule has 2 fully saturated rings. The van der Waals surface area contributed by atoms with Crippen LogP contribution in [0.3, 0.4) is 0 Å². The summed E-state index contributed by atoms with van der Waals surface area (Å²) < 4.78 is 5.12. The molecule has 24 heavy (non-hydrogen) atoms. The highest BCUT2D eigenvalue weighted by molar-refractivity contribution is 5.76. The Morgan fingerprint density at radius 3 is 2.58 bits per heavy atom. The highest BCUT2D eigenvalue weighted by Gasteiger charge is 2.20. The number of carbonyl (C=O) groups is 1. The van der Waals surface area contributed by atoms with Crippen LogP contribution in [0, 0.1) is 6.92 Å². The number of aryl methyl sites for hydroxylation is 1. The lowest BCUT2D eigenvalue weighted by atomic mass is 9.95. The van der Waals surface area contributed by atoms with Gasteiger partial charge in [0.1, 0.15) is 5.76 Å². The van der Waals surface area contributed by atoms with E-state index in [4.69, 9.17) is 4.52 Å². The molecular formula is C18H30N4O2. The van der Waals surface area contributed by atoms with Crippen molar-refractivity contribution in [2.24, 2.45) is 0 Å². The van der Waals surface area contributed by atoms with Gasteiger partial charge in [-0.1, -0.05) is 24.4 Å². The van der Waals surface area contributed by atoms with Crippen LogP contribution in [0.5, 0.6) is 0 Å². The number of aromatic nitrogens is 1. The Hall–Kier alpha value is -1.40. The number of nitrogens with one attached hydrogen (secondary N) is 1. The minimum Gasteiger partial charge on any atom is -0.361 e. The van der Waals surface area contributed by atoms with Crippen LogP contribution in [0.1, 0.15) is 50.0 Å². The van der Waals surface area contributed by atoms with E-state index < -0.39 is 0 Å².